The van der Waals surface area contributed by atoms with Crippen LogP contribution < -0.4 is 11.1 Å². The van der Waals surface area contributed by atoms with E-state index in [1.165, 1.54) is 0 Å². The standard InChI is InChI=1S/C12H17BrN2O/c1-8-4-5-9(6-10(8)13)15-11(16)7-12(2,3)14/h4-6H,7,14H2,1-3H3,(H,15,16). The van der Waals surface area contributed by atoms with Gasteiger partial charge < -0.3 is 11.1 Å². The molecular formula is C12H17BrN2O. The zero-order valence-corrected chi connectivity index (χ0v) is 11.4. The van der Waals surface area contributed by atoms with Gasteiger partial charge in [-0.05, 0) is 38.5 Å². The maximum absolute atomic E-state index is 11.6. The molecule has 0 bridgehead atoms. The number of hydrogen-bond acceptors (Lipinski definition) is 2. The van der Waals surface area contributed by atoms with Crippen molar-refractivity contribution in [1.82, 2.24) is 0 Å². The molecule has 0 fully saturated rings. The molecule has 0 aliphatic rings. The number of nitrogens with one attached hydrogen (secondary N) is 1. The lowest BCUT2D eigenvalue weighted by atomic mass is 10.0. The maximum Gasteiger partial charge on any atom is 0.226 e. The molecule has 0 heterocycles. The van der Waals surface area contributed by atoms with Gasteiger partial charge in [-0.25, -0.2) is 0 Å². The fourth-order valence-electron chi connectivity index (χ4n) is 1.29. The summed E-state index contributed by atoms with van der Waals surface area (Å²) in [6.45, 7) is 5.66. The Morgan fingerprint density at radius 2 is 2.12 bits per heavy atom. The van der Waals surface area contributed by atoms with Crippen LogP contribution in [-0.4, -0.2) is 11.4 Å². The highest BCUT2D eigenvalue weighted by Crippen LogP contribution is 2.21. The zero-order valence-electron chi connectivity index (χ0n) is 9.80. The van der Waals surface area contributed by atoms with Gasteiger partial charge in [-0.15, -0.1) is 0 Å². The summed E-state index contributed by atoms with van der Waals surface area (Å²) in [5, 5.41) is 2.82. The summed E-state index contributed by atoms with van der Waals surface area (Å²) < 4.78 is 0.984. The second-order valence-corrected chi connectivity index (χ2v) is 5.53. The Kier molecular flexibility index (Phi) is 4.10. The third-order valence-corrected chi connectivity index (χ3v) is 2.93. The Morgan fingerprint density at radius 1 is 1.50 bits per heavy atom. The normalized spacial score (nSPS) is 11.3. The highest BCUT2D eigenvalue weighted by atomic mass is 79.9. The van der Waals surface area contributed by atoms with Crippen LogP contribution in [0.4, 0.5) is 5.69 Å². The van der Waals surface area contributed by atoms with Crippen LogP contribution in [0, 0.1) is 6.92 Å². The Morgan fingerprint density at radius 3 is 2.62 bits per heavy atom. The topological polar surface area (TPSA) is 55.1 Å². The summed E-state index contributed by atoms with van der Waals surface area (Å²) in [5.41, 5.74) is 7.21. The fraction of sp³-hybridized carbons (Fsp3) is 0.417. The van der Waals surface area contributed by atoms with Gasteiger partial charge in [-0.1, -0.05) is 22.0 Å². The third kappa shape index (κ3) is 4.33. The summed E-state index contributed by atoms with van der Waals surface area (Å²) >= 11 is 3.42. The van der Waals surface area contributed by atoms with Crippen LogP contribution in [0.5, 0.6) is 0 Å². The molecule has 1 aromatic rings. The van der Waals surface area contributed by atoms with Gasteiger partial charge in [0.05, 0.1) is 0 Å². The minimum absolute atomic E-state index is 0.0664. The van der Waals surface area contributed by atoms with Crippen LogP contribution in [-0.2, 0) is 4.79 Å². The van der Waals surface area contributed by atoms with Gasteiger partial charge in [0.2, 0.25) is 5.91 Å². The van der Waals surface area contributed by atoms with E-state index in [1.54, 1.807) is 0 Å². The average molecular weight is 285 g/mol. The molecule has 0 aromatic heterocycles. The SMILES string of the molecule is Cc1ccc(NC(=O)CC(C)(C)N)cc1Br. The Balaban J connectivity index is 2.67. The molecule has 1 amide bonds. The summed E-state index contributed by atoms with van der Waals surface area (Å²) in [7, 11) is 0. The summed E-state index contributed by atoms with van der Waals surface area (Å²) in [5.74, 6) is -0.0664. The van der Waals surface area contributed by atoms with E-state index >= 15 is 0 Å². The first-order valence-electron chi connectivity index (χ1n) is 5.13. The van der Waals surface area contributed by atoms with Crippen molar-refractivity contribution < 1.29 is 4.79 Å². The number of halogens is 1. The van der Waals surface area contributed by atoms with Crippen molar-refractivity contribution in [2.45, 2.75) is 32.7 Å². The van der Waals surface area contributed by atoms with Crippen molar-refractivity contribution in [2.75, 3.05) is 5.32 Å². The first-order valence-corrected chi connectivity index (χ1v) is 5.92. The van der Waals surface area contributed by atoms with Crippen LogP contribution in [0.1, 0.15) is 25.8 Å². The number of anilines is 1. The highest BCUT2D eigenvalue weighted by Gasteiger charge is 2.16. The summed E-state index contributed by atoms with van der Waals surface area (Å²) in [4.78, 5) is 11.6. The number of aryl methyl sites for hydroxylation is 1. The average Bonchev–Trinajstić information content (AvgIpc) is 2.08. The van der Waals surface area contributed by atoms with E-state index in [0.717, 1.165) is 15.7 Å². The number of amides is 1. The minimum Gasteiger partial charge on any atom is -0.326 e. The first-order chi connectivity index (χ1) is 7.28. The molecule has 0 saturated heterocycles. The number of carbonyl (C=O) groups excluding carboxylic acids is 1. The highest BCUT2D eigenvalue weighted by molar-refractivity contribution is 9.10. The van der Waals surface area contributed by atoms with Crippen molar-refractivity contribution in [3.05, 3.63) is 28.2 Å². The lowest BCUT2D eigenvalue weighted by Gasteiger charge is -2.17. The number of benzene rings is 1. The molecular weight excluding hydrogens is 268 g/mol. The molecule has 3 N–H and O–H groups in total. The molecule has 88 valence electrons. The van der Waals surface area contributed by atoms with Gasteiger partial charge in [0, 0.05) is 22.1 Å². The van der Waals surface area contributed by atoms with Crippen LogP contribution in [0.2, 0.25) is 0 Å². The van der Waals surface area contributed by atoms with E-state index in [4.69, 9.17) is 5.73 Å². The lowest BCUT2D eigenvalue weighted by molar-refractivity contribution is -0.117. The molecule has 4 heteroatoms. The maximum atomic E-state index is 11.6. The summed E-state index contributed by atoms with van der Waals surface area (Å²) in [6.07, 6.45) is 0.304. The van der Waals surface area contributed by atoms with E-state index in [2.05, 4.69) is 21.2 Å². The fourth-order valence-corrected chi connectivity index (χ4v) is 1.67. The number of carbonyl (C=O) groups is 1. The van der Waals surface area contributed by atoms with Gasteiger partial charge in [0.15, 0.2) is 0 Å². The minimum atomic E-state index is -0.480. The molecule has 0 saturated carbocycles. The second kappa shape index (κ2) is 4.97. The largest absolute Gasteiger partial charge is 0.326 e. The zero-order chi connectivity index (χ0) is 12.3. The molecule has 1 rings (SSSR count). The van der Waals surface area contributed by atoms with Gasteiger partial charge in [0.1, 0.15) is 0 Å². The lowest BCUT2D eigenvalue weighted by Crippen LogP contribution is -2.36. The van der Waals surface area contributed by atoms with Gasteiger partial charge >= 0.3 is 0 Å². The van der Waals surface area contributed by atoms with Crippen LogP contribution in [0.3, 0.4) is 0 Å². The van der Waals surface area contributed by atoms with Gasteiger partial charge in [0.25, 0.3) is 0 Å². The van der Waals surface area contributed by atoms with Crippen molar-refractivity contribution in [3.8, 4) is 0 Å². The number of nitrogens with two attached hydrogens (primary N) is 1. The molecule has 0 unspecified atom stereocenters. The van der Waals surface area contributed by atoms with Crippen molar-refractivity contribution in [2.24, 2.45) is 5.73 Å². The Hall–Kier alpha value is -0.870. The van der Waals surface area contributed by atoms with Crippen LogP contribution in [0.25, 0.3) is 0 Å². The van der Waals surface area contributed by atoms with E-state index in [-0.39, 0.29) is 5.91 Å². The van der Waals surface area contributed by atoms with E-state index < -0.39 is 5.54 Å². The predicted molar refractivity (Wildman–Crippen MR) is 70.4 cm³/mol. The van der Waals surface area contributed by atoms with Crippen LogP contribution in [0.15, 0.2) is 22.7 Å². The van der Waals surface area contributed by atoms with Crippen molar-refractivity contribution in [3.63, 3.8) is 0 Å². The third-order valence-electron chi connectivity index (χ3n) is 2.07. The smallest absolute Gasteiger partial charge is 0.226 e. The monoisotopic (exact) mass is 284 g/mol. The van der Waals surface area contributed by atoms with E-state index in [0.29, 0.717) is 6.42 Å². The molecule has 0 atom stereocenters. The van der Waals surface area contributed by atoms with Gasteiger partial charge in [-0.3, -0.25) is 4.79 Å². The van der Waals surface area contributed by atoms with Crippen molar-refractivity contribution >= 4 is 27.5 Å². The Bertz CT molecular complexity index is 396. The second-order valence-electron chi connectivity index (χ2n) is 4.68. The van der Waals surface area contributed by atoms with Crippen LogP contribution >= 0.6 is 15.9 Å². The Labute approximate surface area is 105 Å². The molecule has 0 aliphatic carbocycles. The number of hydrogen-bond donors (Lipinski definition) is 2. The molecule has 0 spiro atoms. The van der Waals surface area contributed by atoms with E-state index in [9.17, 15) is 4.79 Å². The molecule has 0 radical (unpaired) electrons. The molecule has 0 aliphatic heterocycles. The first kappa shape index (κ1) is 13.2. The molecule has 3 nitrogen and oxygen atoms in total. The molecule has 16 heavy (non-hydrogen) atoms. The molecule has 1 aromatic carbocycles. The summed E-state index contributed by atoms with van der Waals surface area (Å²) in [6, 6.07) is 5.71. The van der Waals surface area contributed by atoms with Gasteiger partial charge in [-0.2, -0.15) is 0 Å². The quantitative estimate of drug-likeness (QED) is 0.897. The predicted octanol–water partition coefficient (Wildman–Crippen LogP) is 2.82. The van der Waals surface area contributed by atoms with E-state index in [1.807, 2.05) is 39.0 Å². The van der Waals surface area contributed by atoms with Crippen molar-refractivity contribution in [1.29, 1.82) is 0 Å². The number of rotatable bonds is 3.